The van der Waals surface area contributed by atoms with Gasteiger partial charge in [0.25, 0.3) is 0 Å². The van der Waals surface area contributed by atoms with Gasteiger partial charge in [-0.1, -0.05) is 12.1 Å². The summed E-state index contributed by atoms with van der Waals surface area (Å²) in [4.78, 5) is 15.7. The summed E-state index contributed by atoms with van der Waals surface area (Å²) in [6.45, 7) is 9.34. The molecule has 0 fully saturated rings. The zero-order valence-electron chi connectivity index (χ0n) is 16.1. The lowest BCUT2D eigenvalue weighted by Crippen LogP contribution is -2.33. The second kappa shape index (κ2) is 8.91. The minimum atomic E-state index is -3.78. The Morgan fingerprint density at radius 1 is 1.46 bits per heavy atom. The lowest BCUT2D eigenvalue weighted by Gasteiger charge is -2.19. The molecule has 0 bridgehead atoms. The lowest BCUT2D eigenvalue weighted by molar-refractivity contribution is 0.0528. The van der Waals surface area contributed by atoms with Crippen LogP contribution in [0.5, 0.6) is 0 Å². The maximum atomic E-state index is 13.1. The number of amides is 1. The Labute approximate surface area is 174 Å². The molecule has 0 saturated carbocycles. The van der Waals surface area contributed by atoms with E-state index >= 15 is 0 Å². The van der Waals surface area contributed by atoms with Gasteiger partial charge in [-0.05, 0) is 66.4 Å². The Morgan fingerprint density at radius 2 is 2.18 bits per heavy atom. The van der Waals surface area contributed by atoms with E-state index in [0.717, 1.165) is 5.56 Å². The molecule has 0 aromatic carbocycles. The molecule has 28 heavy (non-hydrogen) atoms. The minimum Gasteiger partial charge on any atom is -0.444 e. The van der Waals surface area contributed by atoms with Crippen molar-refractivity contribution in [2.24, 2.45) is 0 Å². The molecular weight excluding hydrogens is 446 g/mol. The van der Waals surface area contributed by atoms with Gasteiger partial charge in [0.1, 0.15) is 10.9 Å². The predicted molar refractivity (Wildman–Crippen MR) is 112 cm³/mol. The Bertz CT molecular complexity index is 934. The summed E-state index contributed by atoms with van der Waals surface area (Å²) in [6.07, 6.45) is 5.93. The Morgan fingerprint density at radius 3 is 2.75 bits per heavy atom. The van der Waals surface area contributed by atoms with E-state index in [1.165, 1.54) is 22.4 Å². The van der Waals surface area contributed by atoms with Gasteiger partial charge in [-0.15, -0.1) is 6.58 Å². The van der Waals surface area contributed by atoms with Crippen molar-refractivity contribution in [3.05, 3.63) is 65.2 Å². The number of alkyl carbamates (subject to hydrolysis) is 1. The average Bonchev–Trinajstić information content (AvgIpc) is 2.96. The molecule has 1 N–H and O–H groups in total. The Balaban J connectivity index is 2.12. The molecule has 152 valence electrons. The van der Waals surface area contributed by atoms with Crippen LogP contribution >= 0.6 is 15.9 Å². The molecule has 1 unspecified atom stereocenters. The number of rotatable bonds is 7. The number of aromatic nitrogens is 2. The molecule has 0 saturated heterocycles. The number of nitrogens with zero attached hydrogens (tertiary/aromatic N) is 2. The van der Waals surface area contributed by atoms with Crippen LogP contribution in [-0.4, -0.2) is 35.6 Å². The number of pyridine rings is 1. The molecule has 9 heteroatoms. The summed E-state index contributed by atoms with van der Waals surface area (Å²) in [7, 11) is -3.78. The first-order valence-corrected chi connectivity index (χ1v) is 10.9. The molecule has 1 atom stereocenters. The molecule has 0 radical (unpaired) electrons. The van der Waals surface area contributed by atoms with E-state index in [9.17, 15) is 13.2 Å². The summed E-state index contributed by atoms with van der Waals surface area (Å²) in [5, 5.41) is 1.72. The van der Waals surface area contributed by atoms with E-state index in [2.05, 4.69) is 32.8 Å². The molecule has 0 spiro atoms. The van der Waals surface area contributed by atoms with E-state index in [1.807, 2.05) is 0 Å². The fourth-order valence-corrected chi connectivity index (χ4v) is 5.07. The molecule has 2 aromatic rings. The second-order valence-electron chi connectivity index (χ2n) is 7.13. The number of nitrogens with one attached hydrogen (secondary N) is 1. The van der Waals surface area contributed by atoms with Crippen molar-refractivity contribution in [3.63, 3.8) is 0 Å². The van der Waals surface area contributed by atoms with Crippen LogP contribution in [-0.2, 0) is 21.2 Å². The maximum Gasteiger partial charge on any atom is 0.407 e. The lowest BCUT2D eigenvalue weighted by atomic mass is 10.2. The van der Waals surface area contributed by atoms with Gasteiger partial charge in [-0.3, -0.25) is 4.98 Å². The summed E-state index contributed by atoms with van der Waals surface area (Å²) in [5.74, 6) is 0. The number of hydrogen-bond donors (Lipinski definition) is 1. The van der Waals surface area contributed by atoms with E-state index in [4.69, 9.17) is 4.74 Å². The van der Waals surface area contributed by atoms with E-state index < -0.39 is 27.0 Å². The van der Waals surface area contributed by atoms with Crippen molar-refractivity contribution in [2.75, 3.05) is 6.54 Å². The smallest absolute Gasteiger partial charge is 0.407 e. The number of hydrogen-bond acceptors (Lipinski definition) is 5. The number of halogens is 1. The monoisotopic (exact) mass is 469 g/mol. The summed E-state index contributed by atoms with van der Waals surface area (Å²) in [6, 6.07) is 5.08. The Kier molecular flexibility index (Phi) is 7.06. The van der Waals surface area contributed by atoms with E-state index in [-0.39, 0.29) is 0 Å². The number of carbonyl (C=O) groups is 1. The maximum absolute atomic E-state index is 13.1. The van der Waals surface area contributed by atoms with Crippen LogP contribution in [0.25, 0.3) is 0 Å². The topological polar surface area (TPSA) is 90.3 Å². The van der Waals surface area contributed by atoms with E-state index in [0.29, 0.717) is 23.1 Å². The highest BCUT2D eigenvalue weighted by Crippen LogP contribution is 2.29. The van der Waals surface area contributed by atoms with Crippen molar-refractivity contribution in [1.29, 1.82) is 0 Å². The first kappa shape index (κ1) is 22.2. The van der Waals surface area contributed by atoms with Gasteiger partial charge in [0, 0.05) is 25.1 Å². The number of carbonyl (C=O) groups excluding carboxylic acids is 1. The van der Waals surface area contributed by atoms with Gasteiger partial charge in [-0.2, -0.15) is 0 Å². The molecule has 7 nitrogen and oxygen atoms in total. The van der Waals surface area contributed by atoms with Crippen LogP contribution in [0.2, 0.25) is 0 Å². The first-order chi connectivity index (χ1) is 13.0. The SMILES string of the molecule is C=CC(c1cccnc1)S(=O)(=O)n1cc(CCNC(=O)OC(C)(C)C)cc1Br. The van der Waals surface area contributed by atoms with Crippen LogP contribution in [0, 0.1) is 0 Å². The van der Waals surface area contributed by atoms with Gasteiger partial charge < -0.3 is 10.1 Å². The molecule has 2 aromatic heterocycles. The average molecular weight is 470 g/mol. The van der Waals surface area contributed by atoms with Crippen LogP contribution in [0.4, 0.5) is 4.79 Å². The van der Waals surface area contributed by atoms with Crippen molar-refractivity contribution in [1.82, 2.24) is 14.3 Å². The zero-order valence-corrected chi connectivity index (χ0v) is 18.5. The summed E-state index contributed by atoms with van der Waals surface area (Å²) >= 11 is 3.31. The van der Waals surface area contributed by atoms with Crippen LogP contribution in [0.1, 0.15) is 37.1 Å². The molecule has 0 aliphatic carbocycles. The van der Waals surface area contributed by atoms with Crippen molar-refractivity contribution in [2.45, 2.75) is 38.0 Å². The van der Waals surface area contributed by atoms with Gasteiger partial charge in [-0.25, -0.2) is 17.2 Å². The summed E-state index contributed by atoms with van der Waals surface area (Å²) < 4.78 is 32.9. The standard InChI is InChI=1S/C19H24BrN3O4S/c1-5-16(15-7-6-9-21-12-15)28(25,26)23-13-14(11-17(23)20)8-10-22-18(24)27-19(2,3)4/h5-7,9,11-13,16H,1,8,10H2,2-4H3,(H,22,24). The van der Waals surface area contributed by atoms with Gasteiger partial charge in [0.15, 0.2) is 0 Å². The predicted octanol–water partition coefficient (Wildman–Crippen LogP) is 3.82. The highest BCUT2D eigenvalue weighted by atomic mass is 79.9. The first-order valence-electron chi connectivity index (χ1n) is 8.65. The molecule has 0 aliphatic heterocycles. The minimum absolute atomic E-state index is 0.318. The van der Waals surface area contributed by atoms with E-state index in [1.54, 1.807) is 45.2 Å². The van der Waals surface area contributed by atoms with Gasteiger partial charge in [0.2, 0.25) is 10.0 Å². The highest BCUT2D eigenvalue weighted by molar-refractivity contribution is 9.10. The molecular formula is C19H24BrN3O4S. The van der Waals surface area contributed by atoms with Gasteiger partial charge in [0.05, 0.1) is 4.60 Å². The highest BCUT2D eigenvalue weighted by Gasteiger charge is 2.28. The normalized spacial score (nSPS) is 13.0. The van der Waals surface area contributed by atoms with Crippen molar-refractivity contribution in [3.8, 4) is 0 Å². The zero-order chi connectivity index (χ0) is 20.9. The summed E-state index contributed by atoms with van der Waals surface area (Å²) in [5.41, 5.74) is 0.711. The van der Waals surface area contributed by atoms with Crippen LogP contribution in [0.15, 0.2) is 54.0 Å². The molecule has 0 aliphatic rings. The molecule has 2 heterocycles. The largest absolute Gasteiger partial charge is 0.444 e. The quantitative estimate of drug-likeness (QED) is 0.622. The second-order valence-corrected chi connectivity index (χ2v) is 9.88. The molecule has 1 amide bonds. The fourth-order valence-electron chi connectivity index (χ4n) is 2.52. The third kappa shape index (κ3) is 5.68. The van der Waals surface area contributed by atoms with Crippen molar-refractivity contribution < 1.29 is 17.9 Å². The third-order valence-electron chi connectivity index (χ3n) is 3.70. The van der Waals surface area contributed by atoms with Crippen LogP contribution in [0.3, 0.4) is 0 Å². The fraction of sp³-hybridized carbons (Fsp3) is 0.368. The Hall–Kier alpha value is -2.13. The number of ether oxygens (including phenoxy) is 1. The third-order valence-corrected chi connectivity index (χ3v) is 6.50. The van der Waals surface area contributed by atoms with Gasteiger partial charge >= 0.3 is 6.09 Å². The molecule has 2 rings (SSSR count). The van der Waals surface area contributed by atoms with Crippen LogP contribution < -0.4 is 5.32 Å². The van der Waals surface area contributed by atoms with Crippen molar-refractivity contribution >= 4 is 32.0 Å².